The number of hydrogen-bond acceptors (Lipinski definition) is 2. The van der Waals surface area contributed by atoms with Crippen LogP contribution in [0.2, 0.25) is 0 Å². The molecular weight excluding hydrogens is 359 g/mol. The van der Waals surface area contributed by atoms with Gasteiger partial charge in [0.2, 0.25) is 0 Å². The molecule has 0 amide bonds. The third-order valence-corrected chi connectivity index (χ3v) is 15.7. The summed E-state index contributed by atoms with van der Waals surface area (Å²) in [5.41, 5.74) is 0.477. The first-order valence-corrected chi connectivity index (χ1v) is 13.2. The maximum absolute atomic E-state index is 12.3. The van der Waals surface area contributed by atoms with Crippen LogP contribution in [-0.2, 0) is 9.59 Å². The van der Waals surface area contributed by atoms with Crippen LogP contribution in [0.25, 0.3) is 0 Å². The fraction of sp³-hybridized carbons (Fsp3) is 0.636. The summed E-state index contributed by atoms with van der Waals surface area (Å²) in [7, 11) is 0. The van der Waals surface area contributed by atoms with E-state index in [1.54, 1.807) is 0 Å². The number of aliphatic carboxylic acids is 2. The molecule has 3 rings (SSSR count). The van der Waals surface area contributed by atoms with Crippen LogP contribution in [0.5, 0.6) is 0 Å². The van der Waals surface area contributed by atoms with Crippen molar-refractivity contribution in [2.75, 3.05) is 12.3 Å². The quantitative estimate of drug-likeness (QED) is 0.660. The van der Waals surface area contributed by atoms with Crippen LogP contribution in [0.3, 0.4) is 0 Å². The van der Waals surface area contributed by atoms with Gasteiger partial charge in [0.05, 0.1) is 0 Å². The standard InChI is InChI=1S/C22H33O4P/c23-21(24)16-27(17-22(25)26,18-10-4-1-5-11-18,19-12-6-2-7-13-19)20-14-8-3-9-15-20/h1,4-5,10-11,19-20H,2-3,6-9,12-17H2,(H,23,24)(H,25,26). The Hall–Kier alpha value is -1.41. The Morgan fingerprint density at radius 2 is 1.15 bits per heavy atom. The summed E-state index contributed by atoms with van der Waals surface area (Å²) in [6.07, 6.45) is 10.8. The Labute approximate surface area is 162 Å². The first-order chi connectivity index (χ1) is 13.0. The van der Waals surface area contributed by atoms with Gasteiger partial charge in [-0.3, -0.25) is 0 Å². The van der Waals surface area contributed by atoms with Gasteiger partial charge in [0.15, 0.2) is 0 Å². The van der Waals surface area contributed by atoms with Crippen LogP contribution in [0.1, 0.15) is 64.2 Å². The van der Waals surface area contributed by atoms with Gasteiger partial charge in [-0.25, -0.2) is 0 Å². The zero-order valence-electron chi connectivity index (χ0n) is 16.2. The van der Waals surface area contributed by atoms with Crippen LogP contribution < -0.4 is 5.30 Å². The van der Waals surface area contributed by atoms with E-state index in [-0.39, 0.29) is 23.6 Å². The second kappa shape index (κ2) is 8.31. The summed E-state index contributed by atoms with van der Waals surface area (Å²) in [4.78, 5) is 24.6. The third kappa shape index (κ3) is 3.66. The van der Waals surface area contributed by atoms with Crippen molar-refractivity contribution in [1.29, 1.82) is 0 Å². The first kappa shape index (κ1) is 20.3. The summed E-state index contributed by atoms with van der Waals surface area (Å²) < 4.78 is 0. The molecule has 0 bridgehead atoms. The molecule has 0 atom stereocenters. The molecule has 2 fully saturated rings. The Bertz CT molecular complexity index is 622. The monoisotopic (exact) mass is 392 g/mol. The summed E-state index contributed by atoms with van der Waals surface area (Å²) >= 11 is 0. The number of carboxylic acid groups (broad SMARTS) is 2. The number of carboxylic acids is 2. The molecule has 1 aromatic rings. The Morgan fingerprint density at radius 3 is 1.52 bits per heavy atom. The zero-order valence-corrected chi connectivity index (χ0v) is 17.1. The Balaban J connectivity index is 2.30. The van der Waals surface area contributed by atoms with Gasteiger partial charge in [-0.15, -0.1) is 0 Å². The van der Waals surface area contributed by atoms with Gasteiger partial charge in [-0.05, 0) is 0 Å². The van der Waals surface area contributed by atoms with E-state index in [4.69, 9.17) is 0 Å². The second-order valence-corrected chi connectivity index (χ2v) is 14.7. The van der Waals surface area contributed by atoms with Gasteiger partial charge < -0.3 is 0 Å². The number of benzene rings is 1. The van der Waals surface area contributed by atoms with Gasteiger partial charge in [-0.2, -0.15) is 0 Å². The molecule has 5 heteroatoms. The van der Waals surface area contributed by atoms with Crippen LogP contribution in [0.15, 0.2) is 30.3 Å². The summed E-state index contributed by atoms with van der Waals surface area (Å²) in [6.45, 7) is -3.26. The summed E-state index contributed by atoms with van der Waals surface area (Å²) in [6, 6.07) is 10.0. The van der Waals surface area contributed by atoms with E-state index < -0.39 is 18.5 Å². The number of rotatable bonds is 7. The van der Waals surface area contributed by atoms with Gasteiger partial charge in [-0.1, -0.05) is 0 Å². The van der Waals surface area contributed by atoms with E-state index in [1.165, 1.54) is 12.8 Å². The topological polar surface area (TPSA) is 74.6 Å². The van der Waals surface area contributed by atoms with Crippen molar-refractivity contribution < 1.29 is 19.8 Å². The van der Waals surface area contributed by atoms with E-state index in [2.05, 4.69) is 12.1 Å². The van der Waals surface area contributed by atoms with E-state index in [0.717, 1.165) is 56.7 Å². The van der Waals surface area contributed by atoms with Crippen molar-refractivity contribution >= 4 is 23.8 Å². The molecule has 2 aliphatic carbocycles. The zero-order chi connectivity index (χ0) is 19.4. The maximum atomic E-state index is 12.3. The molecule has 4 nitrogen and oxygen atoms in total. The number of carbonyl (C=O) groups is 2. The van der Waals surface area contributed by atoms with E-state index in [9.17, 15) is 19.8 Å². The minimum atomic E-state index is -3.26. The van der Waals surface area contributed by atoms with Crippen LogP contribution in [0, 0.1) is 0 Å². The molecule has 150 valence electrons. The molecule has 1 aromatic carbocycles. The van der Waals surface area contributed by atoms with Crippen molar-refractivity contribution in [3.63, 3.8) is 0 Å². The Kier molecular flexibility index (Phi) is 6.25. The molecule has 2 saturated carbocycles. The molecule has 0 radical (unpaired) electrons. The fourth-order valence-electron chi connectivity index (χ4n) is 6.37. The van der Waals surface area contributed by atoms with Gasteiger partial charge in [0, 0.05) is 0 Å². The number of hydrogen-bond donors (Lipinski definition) is 2. The molecule has 0 heterocycles. The molecular formula is C22H33O4P. The first-order valence-electron chi connectivity index (χ1n) is 10.5. The van der Waals surface area contributed by atoms with Crippen molar-refractivity contribution in [2.24, 2.45) is 0 Å². The minimum absolute atomic E-state index is 0.0528. The van der Waals surface area contributed by atoms with E-state index in [0.29, 0.717) is 0 Å². The molecule has 0 spiro atoms. The molecule has 27 heavy (non-hydrogen) atoms. The van der Waals surface area contributed by atoms with Crippen molar-refractivity contribution in [1.82, 2.24) is 0 Å². The molecule has 0 unspecified atom stereocenters. The molecule has 0 saturated heterocycles. The van der Waals surface area contributed by atoms with Crippen molar-refractivity contribution in [2.45, 2.75) is 75.5 Å². The summed E-state index contributed by atoms with van der Waals surface area (Å²) in [5, 5.41) is 21.3. The molecule has 0 aliphatic heterocycles. The molecule has 2 N–H and O–H groups in total. The predicted molar refractivity (Wildman–Crippen MR) is 112 cm³/mol. The SMILES string of the molecule is O=C(O)CP(CC(=O)O)(c1ccccc1)(C1CCCCC1)C1CCCCC1. The van der Waals surface area contributed by atoms with E-state index >= 15 is 0 Å². The van der Waals surface area contributed by atoms with Crippen LogP contribution in [0.4, 0.5) is 0 Å². The van der Waals surface area contributed by atoms with Crippen LogP contribution >= 0.6 is 6.60 Å². The third-order valence-electron chi connectivity index (χ3n) is 7.41. The van der Waals surface area contributed by atoms with Gasteiger partial charge in [0.1, 0.15) is 0 Å². The van der Waals surface area contributed by atoms with Gasteiger partial charge >= 0.3 is 162 Å². The van der Waals surface area contributed by atoms with E-state index in [1.807, 2.05) is 18.2 Å². The Morgan fingerprint density at radius 1 is 0.741 bits per heavy atom. The average molecular weight is 392 g/mol. The van der Waals surface area contributed by atoms with Gasteiger partial charge in [0.25, 0.3) is 0 Å². The molecule has 2 aliphatic rings. The molecule has 0 aromatic heterocycles. The van der Waals surface area contributed by atoms with Crippen LogP contribution in [-0.4, -0.2) is 45.8 Å². The second-order valence-electron chi connectivity index (χ2n) is 8.70. The average Bonchev–Trinajstić information content (AvgIpc) is 2.69. The summed E-state index contributed by atoms with van der Waals surface area (Å²) in [5.74, 6) is -1.62. The normalized spacial score (nSPS) is 21.3. The van der Waals surface area contributed by atoms with Crippen molar-refractivity contribution in [3.05, 3.63) is 30.3 Å². The fourth-order valence-corrected chi connectivity index (χ4v) is 14.8. The predicted octanol–water partition coefficient (Wildman–Crippen LogP) is 4.70. The van der Waals surface area contributed by atoms with Crippen molar-refractivity contribution in [3.8, 4) is 0 Å².